The van der Waals surface area contributed by atoms with Gasteiger partial charge in [0.15, 0.2) is 0 Å². The third-order valence-electron chi connectivity index (χ3n) is 3.47. The highest BCUT2D eigenvalue weighted by molar-refractivity contribution is 5.42. The van der Waals surface area contributed by atoms with Crippen LogP contribution in [-0.2, 0) is 0 Å². The maximum absolute atomic E-state index is 8.77. The number of rotatable bonds is 2. The zero-order chi connectivity index (χ0) is 13.2. The standard InChI is InChI=1S/C14H15N5/c1-11-7-17-19(9-11)13-4-5-18(10-13)14-3-2-12(6-15)8-16-14/h2-3,7-9,13H,4-5,10H2,1H3. The van der Waals surface area contributed by atoms with Gasteiger partial charge in [0.05, 0.1) is 17.8 Å². The monoisotopic (exact) mass is 253 g/mol. The van der Waals surface area contributed by atoms with Crippen molar-refractivity contribution in [1.82, 2.24) is 14.8 Å². The Morgan fingerprint density at radius 3 is 2.89 bits per heavy atom. The van der Waals surface area contributed by atoms with Crippen LogP contribution in [0.4, 0.5) is 5.82 Å². The largest absolute Gasteiger partial charge is 0.354 e. The molecule has 1 saturated heterocycles. The molecule has 0 spiro atoms. The van der Waals surface area contributed by atoms with Crippen molar-refractivity contribution in [3.63, 3.8) is 0 Å². The van der Waals surface area contributed by atoms with Crippen LogP contribution in [0.5, 0.6) is 0 Å². The van der Waals surface area contributed by atoms with Gasteiger partial charge in [0.1, 0.15) is 11.9 Å². The van der Waals surface area contributed by atoms with Crippen molar-refractivity contribution in [3.8, 4) is 6.07 Å². The average molecular weight is 253 g/mol. The van der Waals surface area contributed by atoms with E-state index >= 15 is 0 Å². The fourth-order valence-electron chi connectivity index (χ4n) is 2.44. The summed E-state index contributed by atoms with van der Waals surface area (Å²) < 4.78 is 2.04. The summed E-state index contributed by atoms with van der Waals surface area (Å²) in [6.45, 7) is 3.95. The van der Waals surface area contributed by atoms with E-state index in [9.17, 15) is 0 Å². The molecule has 2 aromatic rings. The van der Waals surface area contributed by atoms with Gasteiger partial charge in [0.2, 0.25) is 0 Å². The minimum atomic E-state index is 0.408. The summed E-state index contributed by atoms with van der Waals surface area (Å²) in [6, 6.07) is 6.22. The molecule has 2 aromatic heterocycles. The normalized spacial score (nSPS) is 18.5. The van der Waals surface area contributed by atoms with Crippen molar-refractivity contribution in [2.75, 3.05) is 18.0 Å². The second kappa shape index (κ2) is 4.73. The number of hydrogen-bond donors (Lipinski definition) is 0. The SMILES string of the molecule is Cc1cnn(C2CCN(c3ccc(C#N)cn3)C2)c1. The molecule has 96 valence electrons. The number of anilines is 1. The third kappa shape index (κ3) is 2.29. The number of nitriles is 1. The van der Waals surface area contributed by atoms with E-state index in [1.165, 1.54) is 5.56 Å². The highest BCUT2D eigenvalue weighted by atomic mass is 15.3. The Bertz CT molecular complexity index is 608. The lowest BCUT2D eigenvalue weighted by Crippen LogP contribution is -2.22. The molecule has 1 aliphatic rings. The second-order valence-corrected chi connectivity index (χ2v) is 4.90. The molecule has 1 atom stereocenters. The van der Waals surface area contributed by atoms with Crippen molar-refractivity contribution < 1.29 is 0 Å². The molecular weight excluding hydrogens is 238 g/mol. The third-order valence-corrected chi connectivity index (χ3v) is 3.47. The van der Waals surface area contributed by atoms with Crippen LogP contribution in [0.25, 0.3) is 0 Å². The molecule has 3 rings (SSSR count). The Hall–Kier alpha value is -2.35. The smallest absolute Gasteiger partial charge is 0.128 e. The summed E-state index contributed by atoms with van der Waals surface area (Å²) in [5.74, 6) is 0.936. The van der Waals surface area contributed by atoms with Gasteiger partial charge in [-0.3, -0.25) is 4.68 Å². The summed E-state index contributed by atoms with van der Waals surface area (Å²) in [7, 11) is 0. The van der Waals surface area contributed by atoms with Gasteiger partial charge in [0, 0.05) is 25.5 Å². The number of aryl methyl sites for hydroxylation is 1. The highest BCUT2D eigenvalue weighted by Crippen LogP contribution is 2.25. The molecule has 0 radical (unpaired) electrons. The summed E-state index contributed by atoms with van der Waals surface area (Å²) in [5.41, 5.74) is 1.79. The van der Waals surface area contributed by atoms with Crippen LogP contribution in [0.1, 0.15) is 23.6 Å². The van der Waals surface area contributed by atoms with Crippen LogP contribution in [0.2, 0.25) is 0 Å². The van der Waals surface area contributed by atoms with Gasteiger partial charge in [-0.25, -0.2) is 4.98 Å². The van der Waals surface area contributed by atoms with E-state index in [-0.39, 0.29) is 0 Å². The lowest BCUT2D eigenvalue weighted by atomic mass is 10.3. The van der Waals surface area contributed by atoms with Crippen LogP contribution in [-0.4, -0.2) is 27.9 Å². The summed E-state index contributed by atoms with van der Waals surface area (Å²) in [5, 5.41) is 13.2. The maximum atomic E-state index is 8.77. The molecule has 1 unspecified atom stereocenters. The quantitative estimate of drug-likeness (QED) is 0.820. The van der Waals surface area contributed by atoms with Crippen molar-refractivity contribution >= 4 is 5.82 Å². The van der Waals surface area contributed by atoms with Crippen LogP contribution < -0.4 is 4.90 Å². The lowest BCUT2D eigenvalue weighted by Gasteiger charge is -2.17. The first-order chi connectivity index (χ1) is 9.26. The maximum Gasteiger partial charge on any atom is 0.128 e. The highest BCUT2D eigenvalue weighted by Gasteiger charge is 2.25. The minimum absolute atomic E-state index is 0.408. The molecule has 0 amide bonds. The van der Waals surface area contributed by atoms with Crippen molar-refractivity contribution in [3.05, 3.63) is 41.9 Å². The van der Waals surface area contributed by atoms with Crippen molar-refractivity contribution in [1.29, 1.82) is 5.26 Å². The molecule has 0 saturated carbocycles. The first-order valence-electron chi connectivity index (χ1n) is 6.38. The van der Waals surface area contributed by atoms with Crippen molar-refractivity contribution in [2.45, 2.75) is 19.4 Å². The Labute approximate surface area is 112 Å². The minimum Gasteiger partial charge on any atom is -0.354 e. The molecule has 3 heterocycles. The van der Waals surface area contributed by atoms with Crippen LogP contribution in [0.15, 0.2) is 30.7 Å². The molecule has 0 bridgehead atoms. The Balaban J connectivity index is 1.73. The number of aromatic nitrogens is 3. The van der Waals surface area contributed by atoms with E-state index in [4.69, 9.17) is 5.26 Å². The van der Waals surface area contributed by atoms with Crippen molar-refractivity contribution in [2.24, 2.45) is 0 Å². The van der Waals surface area contributed by atoms with Crippen LogP contribution >= 0.6 is 0 Å². The fourth-order valence-corrected chi connectivity index (χ4v) is 2.44. The first kappa shape index (κ1) is 11.7. The topological polar surface area (TPSA) is 57.7 Å². The van der Waals surface area contributed by atoms with E-state index in [1.807, 2.05) is 23.0 Å². The fraction of sp³-hybridized carbons (Fsp3) is 0.357. The van der Waals surface area contributed by atoms with Gasteiger partial charge < -0.3 is 4.90 Å². The Morgan fingerprint density at radius 2 is 2.26 bits per heavy atom. The van der Waals surface area contributed by atoms with Gasteiger partial charge in [-0.2, -0.15) is 10.4 Å². The number of nitrogens with zero attached hydrogens (tertiary/aromatic N) is 5. The Kier molecular flexibility index (Phi) is 2.92. The van der Waals surface area contributed by atoms with E-state index in [0.717, 1.165) is 25.3 Å². The second-order valence-electron chi connectivity index (χ2n) is 4.90. The van der Waals surface area contributed by atoms with Gasteiger partial charge in [-0.05, 0) is 31.0 Å². The average Bonchev–Trinajstić information content (AvgIpc) is 3.07. The van der Waals surface area contributed by atoms with Crippen LogP contribution in [0, 0.1) is 18.3 Å². The molecule has 5 nitrogen and oxygen atoms in total. The Morgan fingerprint density at radius 1 is 1.37 bits per heavy atom. The zero-order valence-electron chi connectivity index (χ0n) is 10.8. The number of hydrogen-bond acceptors (Lipinski definition) is 4. The molecule has 0 N–H and O–H groups in total. The van der Waals surface area contributed by atoms with Gasteiger partial charge in [-0.1, -0.05) is 0 Å². The van der Waals surface area contributed by atoms with E-state index < -0.39 is 0 Å². The van der Waals surface area contributed by atoms with Gasteiger partial charge in [0.25, 0.3) is 0 Å². The molecule has 5 heteroatoms. The van der Waals surface area contributed by atoms with Crippen LogP contribution in [0.3, 0.4) is 0 Å². The molecule has 19 heavy (non-hydrogen) atoms. The summed E-state index contributed by atoms with van der Waals surface area (Å²) in [4.78, 5) is 6.58. The molecular formula is C14H15N5. The molecule has 1 aliphatic heterocycles. The van der Waals surface area contributed by atoms with E-state index in [1.54, 1.807) is 6.20 Å². The number of pyridine rings is 1. The van der Waals surface area contributed by atoms with Gasteiger partial charge >= 0.3 is 0 Å². The molecule has 1 fully saturated rings. The zero-order valence-corrected chi connectivity index (χ0v) is 10.8. The molecule has 0 aromatic carbocycles. The molecule has 0 aliphatic carbocycles. The van der Waals surface area contributed by atoms with E-state index in [2.05, 4.69) is 34.2 Å². The summed E-state index contributed by atoms with van der Waals surface area (Å²) in [6.07, 6.45) is 6.67. The predicted molar refractivity (Wildman–Crippen MR) is 71.8 cm³/mol. The predicted octanol–water partition coefficient (Wildman–Crippen LogP) is 1.91. The van der Waals surface area contributed by atoms with Gasteiger partial charge in [-0.15, -0.1) is 0 Å². The van der Waals surface area contributed by atoms with E-state index in [0.29, 0.717) is 11.6 Å². The lowest BCUT2D eigenvalue weighted by molar-refractivity contribution is 0.494. The summed E-state index contributed by atoms with van der Waals surface area (Å²) >= 11 is 0. The first-order valence-corrected chi connectivity index (χ1v) is 6.38.